The Morgan fingerprint density at radius 3 is 2.00 bits per heavy atom. The molecule has 10 heteroatoms. The Morgan fingerprint density at radius 2 is 1.55 bits per heavy atom. The largest absolute Gasteiger partial charge is 0.461 e. The third kappa shape index (κ3) is 4.91. The minimum absolute atomic E-state index is 0.386. The standard InChI is InChI=1S/C23H24F4N2O3S/c24-20(25)23(26,27)32-18-7-1-15(2-8-18)16-3-9-19(10-4-16)33(31)22(21(28)30)11-13-29(14-12-22)17-5-6-17/h1-4,7-10,17,20H,5-6,11-14H2,(H2,28,30). The SMILES string of the molecule is NC(=O)C1(S(=O)c2ccc(-c3ccc(OC(F)(F)C(F)F)cc3)cc2)CCN(C2CC2)CC1. The number of nitrogens with two attached hydrogens (primary N) is 1. The van der Waals surface area contributed by atoms with Gasteiger partial charge in [0.15, 0.2) is 0 Å². The van der Waals surface area contributed by atoms with Crippen LogP contribution in [0.1, 0.15) is 25.7 Å². The number of hydrogen-bond acceptors (Lipinski definition) is 4. The molecule has 1 aliphatic carbocycles. The van der Waals surface area contributed by atoms with E-state index in [2.05, 4.69) is 9.64 Å². The Morgan fingerprint density at radius 1 is 1.03 bits per heavy atom. The number of carbonyl (C=O) groups excluding carboxylic acids is 1. The Balaban J connectivity index is 1.47. The number of hydrogen-bond donors (Lipinski definition) is 1. The second-order valence-electron chi connectivity index (χ2n) is 8.41. The number of amides is 1. The first-order valence-corrected chi connectivity index (χ1v) is 11.8. The predicted octanol–water partition coefficient (Wildman–Crippen LogP) is 4.18. The van der Waals surface area contributed by atoms with Gasteiger partial charge in [-0.3, -0.25) is 9.00 Å². The fourth-order valence-electron chi connectivity index (χ4n) is 4.13. The van der Waals surface area contributed by atoms with Crippen LogP contribution in [0, 0.1) is 0 Å². The number of primary amides is 1. The summed E-state index contributed by atoms with van der Waals surface area (Å²) in [4.78, 5) is 15.1. The highest BCUT2D eigenvalue weighted by molar-refractivity contribution is 7.87. The fourth-order valence-corrected chi connectivity index (χ4v) is 5.70. The molecule has 1 aliphatic heterocycles. The van der Waals surface area contributed by atoms with Crippen LogP contribution in [0.4, 0.5) is 17.6 Å². The summed E-state index contributed by atoms with van der Waals surface area (Å²) in [5.74, 6) is -0.945. The molecule has 1 saturated heterocycles. The van der Waals surface area contributed by atoms with Crippen LogP contribution in [0.25, 0.3) is 11.1 Å². The zero-order valence-corrected chi connectivity index (χ0v) is 18.5. The average molecular weight is 485 g/mol. The molecule has 1 unspecified atom stereocenters. The summed E-state index contributed by atoms with van der Waals surface area (Å²) in [6.45, 7) is 1.38. The van der Waals surface area contributed by atoms with E-state index in [-0.39, 0.29) is 5.75 Å². The molecule has 2 aliphatic rings. The van der Waals surface area contributed by atoms with Gasteiger partial charge in [-0.1, -0.05) is 24.3 Å². The number of rotatable bonds is 8. The minimum atomic E-state index is -4.57. The molecule has 5 nitrogen and oxygen atoms in total. The van der Waals surface area contributed by atoms with Crippen molar-refractivity contribution in [1.82, 2.24) is 4.90 Å². The first-order chi connectivity index (χ1) is 15.6. The van der Waals surface area contributed by atoms with Gasteiger partial charge in [-0.2, -0.15) is 17.6 Å². The zero-order chi connectivity index (χ0) is 23.8. The monoisotopic (exact) mass is 484 g/mol. The lowest BCUT2D eigenvalue weighted by molar-refractivity contribution is -0.253. The predicted molar refractivity (Wildman–Crippen MR) is 116 cm³/mol. The van der Waals surface area contributed by atoms with Gasteiger partial charge in [-0.15, -0.1) is 0 Å². The fraction of sp³-hybridized carbons (Fsp3) is 0.435. The van der Waals surface area contributed by atoms with Crippen molar-refractivity contribution in [3.05, 3.63) is 48.5 Å². The summed E-state index contributed by atoms with van der Waals surface area (Å²) < 4.78 is 67.0. The van der Waals surface area contributed by atoms with Gasteiger partial charge in [0.2, 0.25) is 5.91 Å². The molecule has 2 N–H and O–H groups in total. The van der Waals surface area contributed by atoms with E-state index in [1.54, 1.807) is 24.3 Å². The van der Waals surface area contributed by atoms with E-state index in [1.165, 1.54) is 24.3 Å². The number of alkyl halides is 4. The Bertz CT molecular complexity index is 1020. The van der Waals surface area contributed by atoms with Crippen LogP contribution in [-0.2, 0) is 15.6 Å². The quantitative estimate of drug-likeness (QED) is 0.571. The number of piperidine rings is 1. The highest BCUT2D eigenvalue weighted by atomic mass is 32.2. The van der Waals surface area contributed by atoms with Gasteiger partial charge in [0.1, 0.15) is 10.5 Å². The van der Waals surface area contributed by atoms with E-state index in [0.29, 0.717) is 48.0 Å². The minimum Gasteiger partial charge on any atom is -0.428 e. The van der Waals surface area contributed by atoms with E-state index in [9.17, 15) is 26.6 Å². The molecule has 33 heavy (non-hydrogen) atoms. The molecule has 2 aromatic carbocycles. The Kier molecular flexibility index (Phi) is 6.50. The zero-order valence-electron chi connectivity index (χ0n) is 17.7. The van der Waals surface area contributed by atoms with E-state index >= 15 is 0 Å². The molecule has 0 bridgehead atoms. The summed E-state index contributed by atoms with van der Waals surface area (Å²) in [6.07, 6.45) is -5.30. The maximum absolute atomic E-state index is 13.4. The number of carbonyl (C=O) groups is 1. The first kappa shape index (κ1) is 23.7. The summed E-state index contributed by atoms with van der Waals surface area (Å²) in [5, 5.41) is 0. The number of benzene rings is 2. The van der Waals surface area contributed by atoms with Crippen molar-refractivity contribution in [3.8, 4) is 16.9 Å². The molecule has 1 atom stereocenters. The van der Waals surface area contributed by atoms with Crippen molar-refractivity contribution in [3.63, 3.8) is 0 Å². The third-order valence-electron chi connectivity index (χ3n) is 6.24. The van der Waals surface area contributed by atoms with Crippen molar-refractivity contribution in [2.75, 3.05) is 13.1 Å². The highest BCUT2D eigenvalue weighted by Gasteiger charge is 2.48. The summed E-state index contributed by atoms with van der Waals surface area (Å²) in [5.41, 5.74) is 7.03. The molecule has 0 radical (unpaired) electrons. The lowest BCUT2D eigenvalue weighted by atomic mass is 9.95. The van der Waals surface area contributed by atoms with E-state index in [1.807, 2.05) is 0 Å². The van der Waals surface area contributed by atoms with Crippen LogP contribution < -0.4 is 10.5 Å². The Hall–Kier alpha value is -2.46. The summed E-state index contributed by atoms with van der Waals surface area (Å²) in [7, 11) is -1.63. The topological polar surface area (TPSA) is 72.6 Å². The average Bonchev–Trinajstić information content (AvgIpc) is 3.64. The van der Waals surface area contributed by atoms with E-state index in [0.717, 1.165) is 12.8 Å². The van der Waals surface area contributed by atoms with Crippen molar-refractivity contribution < 1.29 is 31.3 Å². The van der Waals surface area contributed by atoms with Crippen LogP contribution in [0.2, 0.25) is 0 Å². The van der Waals surface area contributed by atoms with Crippen LogP contribution >= 0.6 is 0 Å². The smallest absolute Gasteiger partial charge is 0.428 e. The second-order valence-corrected chi connectivity index (χ2v) is 10.2. The van der Waals surface area contributed by atoms with Crippen molar-refractivity contribution in [2.24, 2.45) is 5.73 Å². The number of halogens is 4. The first-order valence-electron chi connectivity index (χ1n) is 10.6. The molecular formula is C23H24F4N2O3S. The Labute approximate surface area is 191 Å². The van der Waals surface area contributed by atoms with Gasteiger partial charge in [0.25, 0.3) is 0 Å². The molecule has 1 saturated carbocycles. The third-order valence-corrected chi connectivity index (χ3v) is 8.26. The highest BCUT2D eigenvalue weighted by Crippen LogP contribution is 2.37. The van der Waals surface area contributed by atoms with E-state index < -0.39 is 34.0 Å². The second kappa shape index (κ2) is 9.06. The van der Waals surface area contributed by atoms with Gasteiger partial charge in [-0.25, -0.2) is 0 Å². The van der Waals surface area contributed by atoms with Crippen molar-refractivity contribution in [2.45, 2.75) is 53.9 Å². The van der Waals surface area contributed by atoms with Gasteiger partial charge in [-0.05, 0) is 61.1 Å². The molecule has 2 aromatic rings. The van der Waals surface area contributed by atoms with Crippen molar-refractivity contribution >= 4 is 16.7 Å². The summed E-state index contributed by atoms with van der Waals surface area (Å²) >= 11 is 0. The molecule has 1 heterocycles. The molecule has 2 fully saturated rings. The number of ether oxygens (including phenoxy) is 1. The van der Waals surface area contributed by atoms with Gasteiger partial charge in [0, 0.05) is 24.0 Å². The molecule has 0 spiro atoms. The maximum atomic E-state index is 13.4. The van der Waals surface area contributed by atoms with E-state index in [4.69, 9.17) is 5.73 Å². The molecule has 0 aromatic heterocycles. The normalized spacial score (nSPS) is 19.9. The molecule has 1 amide bonds. The maximum Gasteiger partial charge on any atom is 0.461 e. The van der Waals surface area contributed by atoms with Crippen LogP contribution in [-0.4, -0.2) is 51.4 Å². The van der Waals surface area contributed by atoms with Gasteiger partial charge in [0.05, 0.1) is 10.8 Å². The van der Waals surface area contributed by atoms with Crippen LogP contribution in [0.3, 0.4) is 0 Å². The lowest BCUT2D eigenvalue weighted by Crippen LogP contribution is -2.55. The van der Waals surface area contributed by atoms with Crippen LogP contribution in [0.15, 0.2) is 53.4 Å². The van der Waals surface area contributed by atoms with Crippen molar-refractivity contribution in [1.29, 1.82) is 0 Å². The molecule has 178 valence electrons. The lowest BCUT2D eigenvalue weighted by Gasteiger charge is -2.39. The number of nitrogens with zero attached hydrogens (tertiary/aromatic N) is 1. The molecular weight excluding hydrogens is 460 g/mol. The van der Waals surface area contributed by atoms with Crippen LogP contribution in [0.5, 0.6) is 5.75 Å². The summed E-state index contributed by atoms with van der Waals surface area (Å²) in [6, 6.07) is 12.5. The molecule has 4 rings (SSSR count). The van der Waals surface area contributed by atoms with Gasteiger partial charge >= 0.3 is 12.5 Å². The van der Waals surface area contributed by atoms with Gasteiger partial charge < -0.3 is 15.4 Å². The number of likely N-dealkylation sites (tertiary alicyclic amines) is 1.